The van der Waals surface area contributed by atoms with E-state index in [2.05, 4.69) is 15.0 Å². The number of aryl methyl sites for hydroxylation is 1. The van der Waals surface area contributed by atoms with Gasteiger partial charge < -0.3 is 5.32 Å². The van der Waals surface area contributed by atoms with Gasteiger partial charge in [-0.2, -0.15) is 0 Å². The highest BCUT2D eigenvalue weighted by atomic mass is 32.2. The fourth-order valence-corrected chi connectivity index (χ4v) is 4.58. The third-order valence-electron chi connectivity index (χ3n) is 3.29. The van der Waals surface area contributed by atoms with Gasteiger partial charge in [-0.1, -0.05) is 23.8 Å². The second kappa shape index (κ2) is 7.34. The lowest BCUT2D eigenvalue weighted by molar-refractivity contribution is 0.0947. The standard InChI is InChI=1S/C16H15N3O3S3/c1-11-4-6-13(7-5-11)25(21,22)19-16-18-14(10-24-16)15(20)17-9-12-3-2-8-23-12/h2-8,10H,9H2,1H3,(H,17,20)(H,18,19). The fraction of sp³-hybridized carbons (Fsp3) is 0.125. The van der Waals surface area contributed by atoms with Crippen LogP contribution in [0.1, 0.15) is 20.9 Å². The van der Waals surface area contributed by atoms with Crippen molar-refractivity contribution in [2.24, 2.45) is 0 Å². The molecule has 2 heterocycles. The summed E-state index contributed by atoms with van der Waals surface area (Å²) in [6.07, 6.45) is 0. The maximum Gasteiger partial charge on any atom is 0.271 e. The Morgan fingerprint density at radius 1 is 1.16 bits per heavy atom. The minimum absolute atomic E-state index is 0.150. The van der Waals surface area contributed by atoms with Gasteiger partial charge in [-0.15, -0.1) is 22.7 Å². The molecular formula is C16H15N3O3S3. The Labute approximate surface area is 153 Å². The SMILES string of the molecule is Cc1ccc(S(=O)(=O)Nc2nc(C(=O)NCc3cccs3)cs2)cc1. The number of hydrogen-bond acceptors (Lipinski definition) is 6. The van der Waals surface area contributed by atoms with Crippen LogP contribution in [-0.2, 0) is 16.6 Å². The molecule has 130 valence electrons. The Morgan fingerprint density at radius 2 is 1.92 bits per heavy atom. The van der Waals surface area contributed by atoms with E-state index in [4.69, 9.17) is 0 Å². The van der Waals surface area contributed by atoms with Gasteiger partial charge in [-0.25, -0.2) is 13.4 Å². The van der Waals surface area contributed by atoms with Gasteiger partial charge in [0.15, 0.2) is 5.13 Å². The highest BCUT2D eigenvalue weighted by Gasteiger charge is 2.17. The minimum atomic E-state index is -3.72. The average molecular weight is 394 g/mol. The molecule has 0 bridgehead atoms. The van der Waals surface area contributed by atoms with Crippen LogP contribution in [0.3, 0.4) is 0 Å². The fourth-order valence-electron chi connectivity index (χ4n) is 1.99. The summed E-state index contributed by atoms with van der Waals surface area (Å²) in [6.45, 7) is 2.30. The van der Waals surface area contributed by atoms with Crippen LogP contribution < -0.4 is 10.0 Å². The number of carbonyl (C=O) groups excluding carboxylic acids is 1. The number of nitrogens with one attached hydrogen (secondary N) is 2. The maximum atomic E-state index is 12.3. The summed E-state index contributed by atoms with van der Waals surface area (Å²) in [7, 11) is -3.72. The van der Waals surface area contributed by atoms with E-state index in [0.29, 0.717) is 6.54 Å². The number of carbonyl (C=O) groups is 1. The molecule has 0 atom stereocenters. The molecule has 0 saturated heterocycles. The van der Waals surface area contributed by atoms with Crippen molar-refractivity contribution in [3.05, 3.63) is 63.3 Å². The van der Waals surface area contributed by atoms with Crippen molar-refractivity contribution >= 4 is 43.7 Å². The number of nitrogens with zero attached hydrogens (tertiary/aromatic N) is 1. The van der Waals surface area contributed by atoms with Crippen LogP contribution in [0.4, 0.5) is 5.13 Å². The molecule has 0 unspecified atom stereocenters. The van der Waals surface area contributed by atoms with Crippen molar-refractivity contribution < 1.29 is 13.2 Å². The van der Waals surface area contributed by atoms with Gasteiger partial charge in [0, 0.05) is 10.3 Å². The van der Waals surface area contributed by atoms with E-state index in [-0.39, 0.29) is 21.6 Å². The molecule has 1 aromatic carbocycles. The first-order valence-corrected chi connectivity index (χ1v) is 10.5. The Hall–Kier alpha value is -2.23. The number of sulfonamides is 1. The number of anilines is 1. The van der Waals surface area contributed by atoms with Gasteiger partial charge in [0.2, 0.25) is 0 Å². The van der Waals surface area contributed by atoms with Crippen molar-refractivity contribution in [2.75, 3.05) is 4.72 Å². The largest absolute Gasteiger partial charge is 0.346 e. The molecule has 1 amide bonds. The van der Waals surface area contributed by atoms with E-state index in [1.165, 1.54) is 17.5 Å². The molecular weight excluding hydrogens is 378 g/mol. The molecule has 0 fully saturated rings. The minimum Gasteiger partial charge on any atom is -0.346 e. The molecule has 6 nitrogen and oxygen atoms in total. The van der Waals surface area contributed by atoms with E-state index in [9.17, 15) is 13.2 Å². The van der Waals surface area contributed by atoms with Crippen LogP contribution in [-0.4, -0.2) is 19.3 Å². The van der Waals surface area contributed by atoms with Crippen molar-refractivity contribution in [3.63, 3.8) is 0 Å². The predicted octanol–water partition coefficient (Wildman–Crippen LogP) is 3.24. The molecule has 0 aliphatic rings. The summed E-state index contributed by atoms with van der Waals surface area (Å²) in [5, 5.41) is 6.37. The van der Waals surface area contributed by atoms with E-state index in [1.807, 2.05) is 24.4 Å². The van der Waals surface area contributed by atoms with E-state index in [1.54, 1.807) is 23.5 Å². The van der Waals surface area contributed by atoms with Gasteiger partial charge in [0.05, 0.1) is 11.4 Å². The molecule has 2 aromatic heterocycles. The van der Waals surface area contributed by atoms with Crippen molar-refractivity contribution in [1.82, 2.24) is 10.3 Å². The Morgan fingerprint density at radius 3 is 2.60 bits per heavy atom. The molecule has 9 heteroatoms. The monoisotopic (exact) mass is 393 g/mol. The van der Waals surface area contributed by atoms with E-state index >= 15 is 0 Å². The molecule has 3 rings (SSSR count). The molecule has 0 radical (unpaired) electrons. The van der Waals surface area contributed by atoms with Gasteiger partial charge in [0.25, 0.3) is 15.9 Å². The highest BCUT2D eigenvalue weighted by Crippen LogP contribution is 2.20. The summed E-state index contributed by atoms with van der Waals surface area (Å²) < 4.78 is 27.1. The van der Waals surface area contributed by atoms with Crippen LogP contribution >= 0.6 is 22.7 Å². The summed E-state index contributed by atoms with van der Waals surface area (Å²) in [5.41, 5.74) is 1.15. The number of benzene rings is 1. The Balaban J connectivity index is 1.66. The quantitative estimate of drug-likeness (QED) is 0.673. The summed E-state index contributed by atoms with van der Waals surface area (Å²) in [4.78, 5) is 17.3. The number of thiazole rings is 1. The Kier molecular flexibility index (Phi) is 5.16. The van der Waals surface area contributed by atoms with Crippen LogP contribution in [0.2, 0.25) is 0 Å². The lowest BCUT2D eigenvalue weighted by Gasteiger charge is -2.05. The molecule has 0 spiro atoms. The summed E-state index contributed by atoms with van der Waals surface area (Å²) in [5.74, 6) is -0.342. The van der Waals surface area contributed by atoms with Crippen LogP contribution in [0, 0.1) is 6.92 Å². The van der Waals surface area contributed by atoms with Gasteiger partial charge in [0.1, 0.15) is 5.69 Å². The zero-order valence-electron chi connectivity index (χ0n) is 13.2. The van der Waals surface area contributed by atoms with Crippen LogP contribution in [0.5, 0.6) is 0 Å². The van der Waals surface area contributed by atoms with Gasteiger partial charge >= 0.3 is 0 Å². The summed E-state index contributed by atoms with van der Waals surface area (Å²) in [6, 6.07) is 10.3. The van der Waals surface area contributed by atoms with E-state index < -0.39 is 10.0 Å². The number of thiophene rings is 1. The van der Waals surface area contributed by atoms with Gasteiger partial charge in [-0.05, 0) is 30.5 Å². The second-order valence-electron chi connectivity index (χ2n) is 5.22. The molecule has 25 heavy (non-hydrogen) atoms. The number of aromatic nitrogens is 1. The third-order valence-corrected chi connectivity index (χ3v) is 6.41. The normalized spacial score (nSPS) is 11.2. The molecule has 0 saturated carbocycles. The zero-order valence-corrected chi connectivity index (χ0v) is 15.7. The van der Waals surface area contributed by atoms with Crippen molar-refractivity contribution in [3.8, 4) is 0 Å². The first-order valence-electron chi connectivity index (χ1n) is 7.30. The first-order chi connectivity index (χ1) is 11.9. The van der Waals surface area contributed by atoms with Crippen molar-refractivity contribution in [2.45, 2.75) is 18.4 Å². The average Bonchev–Trinajstić information content (AvgIpc) is 3.24. The molecule has 0 aliphatic carbocycles. The number of rotatable bonds is 6. The topological polar surface area (TPSA) is 88.2 Å². The van der Waals surface area contributed by atoms with Gasteiger partial charge in [-0.3, -0.25) is 9.52 Å². The number of amides is 1. The Bertz CT molecular complexity index is 962. The highest BCUT2D eigenvalue weighted by molar-refractivity contribution is 7.93. The van der Waals surface area contributed by atoms with Crippen molar-refractivity contribution in [1.29, 1.82) is 0 Å². The lowest BCUT2D eigenvalue weighted by atomic mass is 10.2. The number of hydrogen-bond donors (Lipinski definition) is 2. The summed E-state index contributed by atoms with van der Waals surface area (Å²) >= 11 is 2.61. The van der Waals surface area contributed by atoms with E-state index in [0.717, 1.165) is 21.8 Å². The molecule has 3 aromatic rings. The smallest absolute Gasteiger partial charge is 0.271 e. The predicted molar refractivity (Wildman–Crippen MR) is 99.6 cm³/mol. The zero-order chi connectivity index (χ0) is 17.9. The second-order valence-corrected chi connectivity index (χ2v) is 8.79. The molecule has 0 aliphatic heterocycles. The van der Waals surface area contributed by atoms with Crippen LogP contribution in [0.15, 0.2) is 52.1 Å². The maximum absolute atomic E-state index is 12.3. The third kappa shape index (κ3) is 4.44. The first kappa shape index (κ1) is 17.6. The van der Waals surface area contributed by atoms with Crippen LogP contribution in [0.25, 0.3) is 0 Å². The molecule has 2 N–H and O–H groups in total. The lowest BCUT2D eigenvalue weighted by Crippen LogP contribution is -2.22.